The van der Waals surface area contributed by atoms with Crippen molar-refractivity contribution in [3.63, 3.8) is 0 Å². The smallest absolute Gasteiger partial charge is 0.00668 e. The Hall–Kier alpha value is -4.16. The van der Waals surface area contributed by atoms with Crippen LogP contribution in [-0.2, 0) is 12.8 Å². The Kier molecular flexibility index (Phi) is 5.41. The normalized spacial score (nSPS) is 11.2. The third kappa shape index (κ3) is 3.78. The van der Waals surface area contributed by atoms with Gasteiger partial charge in [0.15, 0.2) is 0 Å². The fourth-order valence-electron chi connectivity index (χ4n) is 5.23. The lowest BCUT2D eigenvalue weighted by Gasteiger charge is -2.19. The van der Waals surface area contributed by atoms with Gasteiger partial charge in [0.1, 0.15) is 0 Å². The third-order valence-electron chi connectivity index (χ3n) is 6.83. The summed E-state index contributed by atoms with van der Waals surface area (Å²) in [5.74, 6) is 0. The maximum atomic E-state index is 2.37. The molecule has 6 aromatic rings. The summed E-state index contributed by atoms with van der Waals surface area (Å²) in [5.41, 5.74) is 8.03. The van der Waals surface area contributed by atoms with Crippen LogP contribution in [0.1, 0.15) is 11.1 Å². The summed E-state index contributed by atoms with van der Waals surface area (Å²) in [6, 6.07) is 48.3. The maximum absolute atomic E-state index is 2.37. The molecule has 0 bridgehead atoms. The molecule has 0 aliphatic carbocycles. The van der Waals surface area contributed by atoms with E-state index in [2.05, 4.69) is 133 Å². The lowest BCUT2D eigenvalue weighted by atomic mass is 9.84. The summed E-state index contributed by atoms with van der Waals surface area (Å²) in [7, 11) is 0. The van der Waals surface area contributed by atoms with Crippen molar-refractivity contribution in [1.82, 2.24) is 0 Å². The molecule has 0 radical (unpaired) electrons. The van der Waals surface area contributed by atoms with Crippen molar-refractivity contribution in [2.45, 2.75) is 12.8 Å². The second-order valence-electron chi connectivity index (χ2n) is 8.87. The van der Waals surface area contributed by atoms with Crippen LogP contribution >= 0.6 is 0 Å². The van der Waals surface area contributed by atoms with E-state index in [4.69, 9.17) is 0 Å². The van der Waals surface area contributed by atoms with Gasteiger partial charge in [-0.15, -0.1) is 0 Å². The van der Waals surface area contributed by atoms with Crippen molar-refractivity contribution in [3.8, 4) is 22.3 Å². The molecule has 0 amide bonds. The lowest BCUT2D eigenvalue weighted by Crippen LogP contribution is -1.99. The second-order valence-corrected chi connectivity index (χ2v) is 8.87. The summed E-state index contributed by atoms with van der Waals surface area (Å²) < 4.78 is 0. The molecule has 0 spiro atoms. The zero-order chi connectivity index (χ0) is 22.7. The Morgan fingerprint density at radius 3 is 1.76 bits per heavy atom. The van der Waals surface area contributed by atoms with Crippen LogP contribution in [0.15, 0.2) is 133 Å². The SMILES string of the molecule is c1ccc(-c2cc3ccccc3c(CCc3cccc4ccccc34)c2-c2ccccc2)cc1. The molecule has 6 aromatic carbocycles. The van der Waals surface area contributed by atoms with Crippen molar-refractivity contribution < 1.29 is 0 Å². The maximum Gasteiger partial charge on any atom is -0.00668 e. The fourth-order valence-corrected chi connectivity index (χ4v) is 5.23. The van der Waals surface area contributed by atoms with Gasteiger partial charge < -0.3 is 0 Å². The fraction of sp³-hybridized carbons (Fsp3) is 0.0588. The average Bonchev–Trinajstić information content (AvgIpc) is 2.92. The first-order valence-corrected chi connectivity index (χ1v) is 12.0. The summed E-state index contributed by atoms with van der Waals surface area (Å²) >= 11 is 0. The van der Waals surface area contributed by atoms with Crippen molar-refractivity contribution in [3.05, 3.63) is 145 Å². The van der Waals surface area contributed by atoms with Crippen molar-refractivity contribution >= 4 is 21.5 Å². The zero-order valence-corrected chi connectivity index (χ0v) is 19.1. The van der Waals surface area contributed by atoms with Gasteiger partial charge in [-0.05, 0) is 73.8 Å². The molecule has 0 atom stereocenters. The van der Waals surface area contributed by atoms with Crippen molar-refractivity contribution in [2.75, 3.05) is 0 Å². The highest BCUT2D eigenvalue weighted by molar-refractivity contribution is 6.00. The van der Waals surface area contributed by atoms with Crippen LogP contribution in [0.25, 0.3) is 43.8 Å². The van der Waals surface area contributed by atoms with Crippen molar-refractivity contribution in [1.29, 1.82) is 0 Å². The molecule has 0 saturated heterocycles. The first-order valence-electron chi connectivity index (χ1n) is 12.0. The van der Waals surface area contributed by atoms with E-state index in [1.54, 1.807) is 0 Å². The van der Waals surface area contributed by atoms with Crippen LogP contribution in [0, 0.1) is 0 Å². The number of fused-ring (bicyclic) bond motifs is 2. The number of hydrogen-bond donors (Lipinski definition) is 0. The standard InChI is InChI=1S/C34H26/c1-3-12-26(13-4-1)33-24-29-17-8-10-21-31(29)32(34(33)28-15-5-2-6-16-28)23-22-27-19-11-18-25-14-7-9-20-30(25)27/h1-21,24H,22-23H2. The monoisotopic (exact) mass is 434 g/mol. The van der Waals surface area contributed by atoms with E-state index in [0.717, 1.165) is 12.8 Å². The quantitative estimate of drug-likeness (QED) is 0.254. The molecule has 162 valence electrons. The first kappa shape index (κ1) is 20.4. The van der Waals surface area contributed by atoms with E-state index >= 15 is 0 Å². The van der Waals surface area contributed by atoms with Gasteiger partial charge in [0, 0.05) is 0 Å². The molecule has 0 saturated carbocycles. The minimum Gasteiger partial charge on any atom is -0.0622 e. The number of benzene rings is 6. The highest BCUT2D eigenvalue weighted by atomic mass is 14.2. The van der Waals surface area contributed by atoms with Gasteiger partial charge in [-0.3, -0.25) is 0 Å². The van der Waals surface area contributed by atoms with Crippen LogP contribution in [0.4, 0.5) is 0 Å². The predicted molar refractivity (Wildman–Crippen MR) is 146 cm³/mol. The third-order valence-corrected chi connectivity index (χ3v) is 6.83. The molecule has 0 aliphatic rings. The van der Waals surface area contributed by atoms with Gasteiger partial charge in [0.25, 0.3) is 0 Å². The Morgan fingerprint density at radius 1 is 0.412 bits per heavy atom. The zero-order valence-electron chi connectivity index (χ0n) is 19.1. The van der Waals surface area contributed by atoms with E-state index in [0.29, 0.717) is 0 Å². The average molecular weight is 435 g/mol. The Balaban J connectivity index is 1.57. The number of aryl methyl sites for hydroxylation is 2. The van der Waals surface area contributed by atoms with E-state index in [9.17, 15) is 0 Å². The largest absolute Gasteiger partial charge is 0.0622 e. The Labute approximate surface area is 201 Å². The number of hydrogen-bond acceptors (Lipinski definition) is 0. The van der Waals surface area contributed by atoms with Gasteiger partial charge in [-0.2, -0.15) is 0 Å². The summed E-state index contributed by atoms with van der Waals surface area (Å²) in [4.78, 5) is 0. The molecule has 0 unspecified atom stereocenters. The van der Waals surface area contributed by atoms with Crippen LogP contribution in [-0.4, -0.2) is 0 Å². The summed E-state index contributed by atoms with van der Waals surface area (Å²) in [6.07, 6.45) is 1.99. The molecule has 0 heteroatoms. The van der Waals surface area contributed by atoms with Gasteiger partial charge in [0.05, 0.1) is 0 Å². The molecule has 0 heterocycles. The minimum atomic E-state index is 0.986. The van der Waals surface area contributed by atoms with E-state index in [1.807, 2.05) is 0 Å². The van der Waals surface area contributed by atoms with Gasteiger partial charge in [0.2, 0.25) is 0 Å². The Morgan fingerprint density at radius 2 is 1.00 bits per heavy atom. The molecule has 0 nitrogen and oxygen atoms in total. The molecule has 0 aliphatic heterocycles. The molecule has 6 rings (SSSR count). The highest BCUT2D eigenvalue weighted by Gasteiger charge is 2.17. The lowest BCUT2D eigenvalue weighted by molar-refractivity contribution is 0.980. The number of rotatable bonds is 5. The molecular weight excluding hydrogens is 408 g/mol. The van der Waals surface area contributed by atoms with Crippen LogP contribution < -0.4 is 0 Å². The van der Waals surface area contributed by atoms with E-state index in [1.165, 1.54) is 54.9 Å². The van der Waals surface area contributed by atoms with Gasteiger partial charge in [-0.25, -0.2) is 0 Å². The predicted octanol–water partition coefficient (Wildman–Crippen LogP) is 9.11. The van der Waals surface area contributed by atoms with Crippen LogP contribution in [0.2, 0.25) is 0 Å². The summed E-state index contributed by atoms with van der Waals surface area (Å²) in [5, 5.41) is 5.32. The summed E-state index contributed by atoms with van der Waals surface area (Å²) in [6.45, 7) is 0. The molecule has 34 heavy (non-hydrogen) atoms. The van der Waals surface area contributed by atoms with E-state index in [-0.39, 0.29) is 0 Å². The van der Waals surface area contributed by atoms with Crippen LogP contribution in [0.3, 0.4) is 0 Å². The second kappa shape index (κ2) is 9.00. The van der Waals surface area contributed by atoms with Crippen LogP contribution in [0.5, 0.6) is 0 Å². The minimum absolute atomic E-state index is 0.986. The molecule has 0 fully saturated rings. The van der Waals surface area contributed by atoms with E-state index < -0.39 is 0 Å². The van der Waals surface area contributed by atoms with Gasteiger partial charge >= 0.3 is 0 Å². The Bertz CT molecular complexity index is 1570. The topological polar surface area (TPSA) is 0 Å². The molecular formula is C34H26. The molecule has 0 aromatic heterocycles. The van der Waals surface area contributed by atoms with Gasteiger partial charge in [-0.1, -0.05) is 127 Å². The van der Waals surface area contributed by atoms with Crippen molar-refractivity contribution in [2.24, 2.45) is 0 Å². The first-order chi connectivity index (χ1) is 16.9. The molecule has 0 N–H and O–H groups in total. The highest BCUT2D eigenvalue weighted by Crippen LogP contribution is 2.40.